The highest BCUT2D eigenvalue weighted by Gasteiger charge is 2.44. The third-order valence-corrected chi connectivity index (χ3v) is 7.10. The lowest BCUT2D eigenvalue weighted by molar-refractivity contribution is -0.138. The number of carbonyl (C=O) groups excluding carboxylic acids is 3. The second kappa shape index (κ2) is 11.3. The van der Waals surface area contributed by atoms with Crippen molar-refractivity contribution in [1.29, 1.82) is 0 Å². The standard InChI is InChI=1S/C27H32N4O5/c1-18-7-9-20(10-8-18)26(35)30-15-16-31(27(36)21-11-13-28-14-12-21)25(30)24(34)29-22(17-23(32)33)19-5-3-2-4-6-19/h7-14,19,22,25H,2-6,15-17H2,1H3,(H,29,34)(H,32,33). The summed E-state index contributed by atoms with van der Waals surface area (Å²) < 4.78 is 0. The molecule has 1 aliphatic carbocycles. The fraction of sp³-hybridized carbons (Fsp3) is 0.444. The van der Waals surface area contributed by atoms with Crippen LogP contribution < -0.4 is 5.32 Å². The second-order valence-electron chi connectivity index (χ2n) is 9.58. The van der Waals surface area contributed by atoms with Gasteiger partial charge in [-0.3, -0.25) is 24.2 Å². The molecule has 1 aromatic heterocycles. The van der Waals surface area contributed by atoms with Crippen LogP contribution >= 0.6 is 0 Å². The quantitative estimate of drug-likeness (QED) is 0.613. The van der Waals surface area contributed by atoms with Crippen molar-refractivity contribution in [2.24, 2.45) is 5.92 Å². The molecule has 0 radical (unpaired) electrons. The molecule has 1 saturated carbocycles. The van der Waals surface area contributed by atoms with Crippen molar-refractivity contribution >= 4 is 23.7 Å². The minimum absolute atomic E-state index is 0.0470. The molecule has 9 nitrogen and oxygen atoms in total. The van der Waals surface area contributed by atoms with Crippen molar-refractivity contribution in [3.8, 4) is 0 Å². The van der Waals surface area contributed by atoms with E-state index >= 15 is 0 Å². The van der Waals surface area contributed by atoms with Gasteiger partial charge in [0.25, 0.3) is 17.7 Å². The lowest BCUT2D eigenvalue weighted by Crippen LogP contribution is -2.56. The van der Waals surface area contributed by atoms with E-state index in [4.69, 9.17) is 0 Å². The SMILES string of the molecule is Cc1ccc(C(=O)N2CCN(C(=O)c3ccncc3)C2C(=O)NC(CC(=O)O)C2CCCCC2)cc1. The Labute approximate surface area is 210 Å². The highest BCUT2D eigenvalue weighted by atomic mass is 16.4. The van der Waals surface area contributed by atoms with Gasteiger partial charge in [-0.05, 0) is 49.9 Å². The first-order valence-electron chi connectivity index (χ1n) is 12.5. The van der Waals surface area contributed by atoms with E-state index in [1.165, 1.54) is 22.2 Å². The predicted molar refractivity (Wildman–Crippen MR) is 132 cm³/mol. The zero-order valence-corrected chi connectivity index (χ0v) is 20.4. The Bertz CT molecular complexity index is 1100. The number of carboxylic acid groups (broad SMARTS) is 1. The number of aliphatic carboxylic acids is 1. The Morgan fingerprint density at radius 1 is 0.917 bits per heavy atom. The van der Waals surface area contributed by atoms with Gasteiger partial charge in [0.2, 0.25) is 0 Å². The van der Waals surface area contributed by atoms with Gasteiger partial charge >= 0.3 is 5.97 Å². The molecule has 1 aliphatic heterocycles. The fourth-order valence-corrected chi connectivity index (χ4v) is 5.18. The number of nitrogens with one attached hydrogen (secondary N) is 1. The smallest absolute Gasteiger partial charge is 0.305 e. The van der Waals surface area contributed by atoms with E-state index < -0.39 is 24.1 Å². The lowest BCUT2D eigenvalue weighted by Gasteiger charge is -2.34. The van der Waals surface area contributed by atoms with Crippen LogP contribution in [-0.2, 0) is 9.59 Å². The van der Waals surface area contributed by atoms with Crippen LogP contribution in [0.25, 0.3) is 0 Å². The summed E-state index contributed by atoms with van der Waals surface area (Å²) in [5.41, 5.74) is 1.79. The number of benzene rings is 1. The van der Waals surface area contributed by atoms with Crippen LogP contribution in [0.1, 0.15) is 64.8 Å². The van der Waals surface area contributed by atoms with Gasteiger partial charge in [-0.15, -0.1) is 0 Å². The third-order valence-electron chi connectivity index (χ3n) is 7.10. The summed E-state index contributed by atoms with van der Waals surface area (Å²) in [6.07, 6.45) is 6.38. The monoisotopic (exact) mass is 492 g/mol. The van der Waals surface area contributed by atoms with Gasteiger partial charge in [0.1, 0.15) is 0 Å². The Balaban J connectivity index is 1.62. The fourth-order valence-electron chi connectivity index (χ4n) is 5.18. The molecule has 2 fully saturated rings. The van der Waals surface area contributed by atoms with Crippen LogP contribution in [0.4, 0.5) is 0 Å². The predicted octanol–water partition coefficient (Wildman–Crippen LogP) is 2.85. The molecule has 190 valence electrons. The molecule has 9 heteroatoms. The number of carbonyl (C=O) groups is 4. The van der Waals surface area contributed by atoms with E-state index in [2.05, 4.69) is 10.3 Å². The number of amides is 3. The van der Waals surface area contributed by atoms with Gasteiger partial charge in [0, 0.05) is 42.7 Å². The summed E-state index contributed by atoms with van der Waals surface area (Å²) in [6, 6.07) is 9.62. The minimum atomic E-state index is -1.18. The molecule has 0 bridgehead atoms. The van der Waals surface area contributed by atoms with Gasteiger partial charge < -0.3 is 20.2 Å². The molecule has 0 spiro atoms. The van der Waals surface area contributed by atoms with Crippen LogP contribution in [0.5, 0.6) is 0 Å². The van der Waals surface area contributed by atoms with Gasteiger partial charge in [-0.25, -0.2) is 0 Å². The number of hydrogen-bond acceptors (Lipinski definition) is 5. The number of hydrogen-bond donors (Lipinski definition) is 2. The van der Waals surface area contributed by atoms with Crippen molar-refractivity contribution in [3.63, 3.8) is 0 Å². The molecule has 1 aromatic carbocycles. The molecule has 36 heavy (non-hydrogen) atoms. The molecule has 2 unspecified atom stereocenters. The van der Waals surface area contributed by atoms with E-state index in [9.17, 15) is 24.3 Å². The Morgan fingerprint density at radius 3 is 2.03 bits per heavy atom. The molecular formula is C27H32N4O5. The Hall–Kier alpha value is -3.75. The first-order valence-corrected chi connectivity index (χ1v) is 12.5. The van der Waals surface area contributed by atoms with E-state index in [0.717, 1.165) is 37.7 Å². The maximum absolute atomic E-state index is 13.7. The summed E-state index contributed by atoms with van der Waals surface area (Å²) in [5, 5.41) is 12.4. The zero-order chi connectivity index (χ0) is 25.7. The van der Waals surface area contributed by atoms with Crippen LogP contribution in [0.2, 0.25) is 0 Å². The van der Waals surface area contributed by atoms with Crippen LogP contribution in [0.3, 0.4) is 0 Å². The van der Waals surface area contributed by atoms with Crippen molar-refractivity contribution in [2.75, 3.05) is 13.1 Å². The average molecular weight is 493 g/mol. The first kappa shape index (κ1) is 25.3. The van der Waals surface area contributed by atoms with Gasteiger partial charge in [0.15, 0.2) is 6.17 Å². The Morgan fingerprint density at radius 2 is 1.47 bits per heavy atom. The minimum Gasteiger partial charge on any atom is -0.481 e. The van der Waals surface area contributed by atoms with Crippen molar-refractivity contribution in [3.05, 3.63) is 65.5 Å². The molecule has 2 aromatic rings. The summed E-state index contributed by atoms with van der Waals surface area (Å²) in [5.74, 6) is -2.22. The number of aryl methyl sites for hydroxylation is 1. The number of carboxylic acids is 1. The molecule has 4 rings (SSSR count). The second-order valence-corrected chi connectivity index (χ2v) is 9.58. The largest absolute Gasteiger partial charge is 0.481 e. The van der Waals surface area contributed by atoms with E-state index in [-0.39, 0.29) is 37.2 Å². The van der Waals surface area contributed by atoms with E-state index in [1.807, 2.05) is 19.1 Å². The molecule has 2 heterocycles. The van der Waals surface area contributed by atoms with Crippen molar-refractivity contribution < 1.29 is 24.3 Å². The van der Waals surface area contributed by atoms with Crippen LogP contribution in [0.15, 0.2) is 48.8 Å². The normalized spacial score (nSPS) is 19.1. The van der Waals surface area contributed by atoms with Crippen LogP contribution in [0, 0.1) is 12.8 Å². The van der Waals surface area contributed by atoms with E-state index in [0.29, 0.717) is 11.1 Å². The summed E-state index contributed by atoms with van der Waals surface area (Å²) in [4.78, 5) is 58.9. The molecule has 1 saturated heterocycles. The van der Waals surface area contributed by atoms with Crippen LogP contribution in [-0.4, -0.2) is 68.9 Å². The topological polar surface area (TPSA) is 120 Å². The van der Waals surface area contributed by atoms with Gasteiger partial charge in [-0.1, -0.05) is 37.0 Å². The Kier molecular flexibility index (Phi) is 7.97. The third kappa shape index (κ3) is 5.72. The summed E-state index contributed by atoms with van der Waals surface area (Å²) >= 11 is 0. The number of rotatable bonds is 7. The maximum atomic E-state index is 13.7. The number of pyridine rings is 1. The summed E-state index contributed by atoms with van der Waals surface area (Å²) in [7, 11) is 0. The highest BCUT2D eigenvalue weighted by Crippen LogP contribution is 2.29. The maximum Gasteiger partial charge on any atom is 0.305 e. The van der Waals surface area contributed by atoms with Crippen molar-refractivity contribution in [2.45, 2.75) is 57.7 Å². The summed E-state index contributed by atoms with van der Waals surface area (Å²) in [6.45, 7) is 2.29. The first-order chi connectivity index (χ1) is 17.3. The molecule has 2 aliphatic rings. The number of nitrogens with zero attached hydrogens (tertiary/aromatic N) is 3. The van der Waals surface area contributed by atoms with Gasteiger partial charge in [-0.2, -0.15) is 0 Å². The van der Waals surface area contributed by atoms with E-state index in [1.54, 1.807) is 24.3 Å². The lowest BCUT2D eigenvalue weighted by atomic mass is 9.82. The molecule has 2 atom stereocenters. The molecule has 3 amide bonds. The number of aromatic nitrogens is 1. The molecular weight excluding hydrogens is 460 g/mol. The van der Waals surface area contributed by atoms with Gasteiger partial charge in [0.05, 0.1) is 6.42 Å². The zero-order valence-electron chi connectivity index (χ0n) is 20.4. The van der Waals surface area contributed by atoms with Crippen molar-refractivity contribution in [1.82, 2.24) is 20.1 Å². The highest BCUT2D eigenvalue weighted by molar-refractivity contribution is 6.02. The molecule has 2 N–H and O–H groups in total. The average Bonchev–Trinajstić information content (AvgIpc) is 3.34.